The first-order chi connectivity index (χ1) is 7.22. The summed E-state index contributed by atoms with van der Waals surface area (Å²) < 4.78 is 10.3. The molecule has 0 saturated heterocycles. The molecule has 1 N–H and O–H groups in total. The maximum absolute atomic E-state index is 11.7. The van der Waals surface area contributed by atoms with Gasteiger partial charge in [-0.2, -0.15) is 0 Å². The Morgan fingerprint density at radius 2 is 2.20 bits per heavy atom. The van der Waals surface area contributed by atoms with Gasteiger partial charge in [0.15, 0.2) is 17.3 Å². The molecular formula is C11H12O4. The Hall–Kier alpha value is -1.55. The number of hydrogen-bond acceptors (Lipinski definition) is 4. The molecular weight excluding hydrogens is 196 g/mol. The number of carbonyl (C=O) groups is 1. The highest BCUT2D eigenvalue weighted by Gasteiger charge is 2.19. The number of aliphatic hydroxyl groups is 1. The van der Waals surface area contributed by atoms with Crippen LogP contribution in [0.4, 0.5) is 0 Å². The van der Waals surface area contributed by atoms with Gasteiger partial charge < -0.3 is 14.6 Å². The molecule has 0 radical (unpaired) electrons. The fourth-order valence-corrected chi connectivity index (χ4v) is 1.42. The molecule has 4 nitrogen and oxygen atoms in total. The molecule has 4 heteroatoms. The van der Waals surface area contributed by atoms with Gasteiger partial charge in [-0.3, -0.25) is 4.79 Å². The predicted molar refractivity (Wildman–Crippen MR) is 53.1 cm³/mol. The van der Waals surface area contributed by atoms with Gasteiger partial charge in [0.1, 0.15) is 0 Å². The molecule has 1 aliphatic heterocycles. The second kappa shape index (κ2) is 3.90. The molecule has 1 aliphatic rings. The number of fused-ring (bicyclic) bond motifs is 1. The minimum absolute atomic E-state index is 0.0872. The number of Topliss-reactive ketones (excluding diaryl/α,β-unsaturated/α-hetero) is 1. The van der Waals surface area contributed by atoms with E-state index in [0.717, 1.165) is 0 Å². The standard InChI is InChI=1S/C11H12O4/c1-7(5-12)11(13)8-2-3-9-10(4-8)15-6-14-9/h2-4,7,12H,5-6H2,1H3. The Morgan fingerprint density at radius 3 is 2.93 bits per heavy atom. The van der Waals surface area contributed by atoms with Crippen molar-refractivity contribution in [3.8, 4) is 11.5 Å². The summed E-state index contributed by atoms with van der Waals surface area (Å²) in [4.78, 5) is 11.7. The van der Waals surface area contributed by atoms with Crippen LogP contribution in [0.3, 0.4) is 0 Å². The largest absolute Gasteiger partial charge is 0.454 e. The molecule has 80 valence electrons. The van der Waals surface area contributed by atoms with Crippen LogP contribution >= 0.6 is 0 Å². The quantitative estimate of drug-likeness (QED) is 0.759. The minimum Gasteiger partial charge on any atom is -0.454 e. The Morgan fingerprint density at radius 1 is 1.47 bits per heavy atom. The minimum atomic E-state index is -0.384. The third-order valence-electron chi connectivity index (χ3n) is 2.38. The van der Waals surface area contributed by atoms with Crippen molar-refractivity contribution in [2.45, 2.75) is 6.92 Å². The third kappa shape index (κ3) is 1.80. The van der Waals surface area contributed by atoms with E-state index in [-0.39, 0.29) is 25.1 Å². The summed E-state index contributed by atoms with van der Waals surface area (Å²) in [5.41, 5.74) is 0.542. The average molecular weight is 208 g/mol. The molecule has 0 aromatic heterocycles. The first kappa shape index (κ1) is 9.98. The second-order valence-electron chi connectivity index (χ2n) is 3.52. The lowest BCUT2D eigenvalue weighted by Gasteiger charge is -2.07. The van der Waals surface area contributed by atoms with E-state index in [4.69, 9.17) is 14.6 Å². The summed E-state index contributed by atoms with van der Waals surface area (Å²) in [5, 5.41) is 8.88. The molecule has 0 bridgehead atoms. The van der Waals surface area contributed by atoms with E-state index in [0.29, 0.717) is 17.1 Å². The molecule has 0 saturated carbocycles. The smallest absolute Gasteiger partial charge is 0.231 e. The average Bonchev–Trinajstić information content (AvgIpc) is 2.73. The van der Waals surface area contributed by atoms with Crippen LogP contribution in [0, 0.1) is 5.92 Å². The van der Waals surface area contributed by atoms with E-state index >= 15 is 0 Å². The monoisotopic (exact) mass is 208 g/mol. The van der Waals surface area contributed by atoms with Crippen LogP contribution in [0.1, 0.15) is 17.3 Å². The number of rotatable bonds is 3. The van der Waals surface area contributed by atoms with Crippen LogP contribution in [-0.4, -0.2) is 24.3 Å². The molecule has 0 spiro atoms. The predicted octanol–water partition coefficient (Wildman–Crippen LogP) is 1.23. The van der Waals surface area contributed by atoms with Gasteiger partial charge in [-0.1, -0.05) is 6.92 Å². The Balaban J connectivity index is 2.26. The molecule has 1 atom stereocenters. The lowest BCUT2D eigenvalue weighted by molar-refractivity contribution is 0.0877. The van der Waals surface area contributed by atoms with Crippen molar-refractivity contribution in [2.24, 2.45) is 5.92 Å². The van der Waals surface area contributed by atoms with Crippen LogP contribution < -0.4 is 9.47 Å². The highest BCUT2D eigenvalue weighted by Crippen LogP contribution is 2.32. The van der Waals surface area contributed by atoms with Crippen molar-refractivity contribution in [3.63, 3.8) is 0 Å². The second-order valence-corrected chi connectivity index (χ2v) is 3.52. The summed E-state index contributed by atoms with van der Waals surface area (Å²) in [6.45, 7) is 1.74. The topological polar surface area (TPSA) is 55.8 Å². The third-order valence-corrected chi connectivity index (χ3v) is 2.38. The molecule has 1 aromatic rings. The number of carbonyl (C=O) groups excluding carboxylic acids is 1. The molecule has 1 heterocycles. The van der Waals surface area contributed by atoms with Gasteiger partial charge in [0.25, 0.3) is 0 Å². The van der Waals surface area contributed by atoms with Crippen LogP contribution in [-0.2, 0) is 0 Å². The Bertz CT molecular complexity index is 386. The SMILES string of the molecule is CC(CO)C(=O)c1ccc2c(c1)OCO2. The van der Waals surface area contributed by atoms with Crippen molar-refractivity contribution in [1.29, 1.82) is 0 Å². The first-order valence-electron chi connectivity index (χ1n) is 4.77. The van der Waals surface area contributed by atoms with Gasteiger partial charge in [0, 0.05) is 11.5 Å². The zero-order chi connectivity index (χ0) is 10.8. The summed E-state index contributed by atoms with van der Waals surface area (Å²) in [7, 11) is 0. The normalized spacial score (nSPS) is 15.1. The lowest BCUT2D eigenvalue weighted by Crippen LogP contribution is -2.14. The molecule has 1 aromatic carbocycles. The number of aliphatic hydroxyl groups excluding tert-OH is 1. The number of benzene rings is 1. The fourth-order valence-electron chi connectivity index (χ4n) is 1.42. The van der Waals surface area contributed by atoms with Crippen LogP contribution in [0.5, 0.6) is 11.5 Å². The Kier molecular flexibility index (Phi) is 2.60. The van der Waals surface area contributed by atoms with Gasteiger partial charge >= 0.3 is 0 Å². The van der Waals surface area contributed by atoms with Crippen molar-refractivity contribution in [2.75, 3.05) is 13.4 Å². The van der Waals surface area contributed by atoms with Crippen LogP contribution in [0.2, 0.25) is 0 Å². The van der Waals surface area contributed by atoms with Crippen molar-refractivity contribution >= 4 is 5.78 Å². The molecule has 0 amide bonds. The summed E-state index contributed by atoms with van der Waals surface area (Å²) in [6.07, 6.45) is 0. The fraction of sp³-hybridized carbons (Fsp3) is 0.364. The van der Waals surface area contributed by atoms with Gasteiger partial charge in [0.2, 0.25) is 6.79 Å². The maximum atomic E-state index is 11.7. The van der Waals surface area contributed by atoms with E-state index in [1.165, 1.54) is 0 Å². The van der Waals surface area contributed by atoms with Crippen LogP contribution in [0.25, 0.3) is 0 Å². The first-order valence-corrected chi connectivity index (χ1v) is 4.77. The van der Waals surface area contributed by atoms with Crippen LogP contribution in [0.15, 0.2) is 18.2 Å². The summed E-state index contributed by atoms with van der Waals surface area (Å²) >= 11 is 0. The molecule has 0 fully saturated rings. The van der Waals surface area contributed by atoms with Crippen molar-refractivity contribution in [3.05, 3.63) is 23.8 Å². The summed E-state index contributed by atoms with van der Waals surface area (Å²) in [5.74, 6) is 0.773. The number of ketones is 1. The zero-order valence-electron chi connectivity index (χ0n) is 8.40. The molecule has 15 heavy (non-hydrogen) atoms. The van der Waals surface area contributed by atoms with Crippen molar-refractivity contribution in [1.82, 2.24) is 0 Å². The van der Waals surface area contributed by atoms with E-state index in [1.54, 1.807) is 25.1 Å². The van der Waals surface area contributed by atoms with E-state index in [1.807, 2.05) is 0 Å². The highest BCUT2D eigenvalue weighted by molar-refractivity contribution is 5.98. The number of hydrogen-bond donors (Lipinski definition) is 1. The molecule has 1 unspecified atom stereocenters. The highest BCUT2D eigenvalue weighted by atomic mass is 16.7. The molecule has 2 rings (SSSR count). The van der Waals surface area contributed by atoms with E-state index < -0.39 is 0 Å². The van der Waals surface area contributed by atoms with E-state index in [9.17, 15) is 4.79 Å². The van der Waals surface area contributed by atoms with Gasteiger partial charge in [-0.25, -0.2) is 0 Å². The van der Waals surface area contributed by atoms with Gasteiger partial charge in [0.05, 0.1) is 6.61 Å². The Labute approximate surface area is 87.4 Å². The van der Waals surface area contributed by atoms with Gasteiger partial charge in [-0.15, -0.1) is 0 Å². The zero-order valence-corrected chi connectivity index (χ0v) is 8.40. The maximum Gasteiger partial charge on any atom is 0.231 e. The summed E-state index contributed by atoms with van der Waals surface area (Å²) in [6, 6.07) is 5.04. The van der Waals surface area contributed by atoms with Crippen molar-refractivity contribution < 1.29 is 19.4 Å². The molecule has 0 aliphatic carbocycles. The van der Waals surface area contributed by atoms with Gasteiger partial charge in [-0.05, 0) is 18.2 Å². The lowest BCUT2D eigenvalue weighted by atomic mass is 10.00. The number of ether oxygens (including phenoxy) is 2. The van der Waals surface area contributed by atoms with E-state index in [2.05, 4.69) is 0 Å².